The van der Waals surface area contributed by atoms with Crippen LogP contribution < -0.4 is 0 Å². The Bertz CT molecular complexity index is 1440. The molecule has 2 aliphatic carbocycles. The maximum absolute atomic E-state index is 7.54. The summed E-state index contributed by atoms with van der Waals surface area (Å²) in [7, 11) is 0. The van der Waals surface area contributed by atoms with Crippen LogP contribution in [0.2, 0.25) is 0 Å². The van der Waals surface area contributed by atoms with Crippen LogP contribution in [0.25, 0.3) is 0 Å². The molecular weight excluding hydrogens is 400 g/mol. The van der Waals surface area contributed by atoms with E-state index in [9.17, 15) is 0 Å². The molecule has 0 aromatic heterocycles. The highest BCUT2D eigenvalue weighted by atomic mass is 16.5. The van der Waals surface area contributed by atoms with Crippen molar-refractivity contribution in [1.82, 2.24) is 0 Å². The normalized spacial score (nSPS) is 32.1. The third kappa shape index (κ3) is 2.00. The lowest BCUT2D eigenvalue weighted by Gasteiger charge is -2.42. The molecule has 0 unspecified atom stereocenters. The molecule has 8 rings (SSSR count). The predicted octanol–water partition coefficient (Wildman–Crippen LogP) is 7.04. The van der Waals surface area contributed by atoms with Crippen LogP contribution in [0.15, 0.2) is 121 Å². The molecule has 4 aliphatic rings. The van der Waals surface area contributed by atoms with Gasteiger partial charge in [-0.15, -0.1) is 0 Å². The van der Waals surface area contributed by atoms with Crippen molar-refractivity contribution in [1.29, 1.82) is 0 Å². The number of ether oxygens (including phenoxy) is 1. The molecule has 2 heterocycles. The zero-order valence-electron chi connectivity index (χ0n) is 18.3. The highest BCUT2D eigenvalue weighted by molar-refractivity contribution is 5.67. The van der Waals surface area contributed by atoms with Crippen LogP contribution in [0.3, 0.4) is 0 Å². The smallest absolute Gasteiger partial charge is 0.142 e. The van der Waals surface area contributed by atoms with Gasteiger partial charge in [0, 0.05) is 11.8 Å². The van der Waals surface area contributed by atoms with Crippen LogP contribution in [0.5, 0.6) is 0 Å². The minimum atomic E-state index is -0.530. The topological polar surface area (TPSA) is 9.23 Å². The number of allylic oxidation sites excluding steroid dienone is 1. The van der Waals surface area contributed by atoms with Crippen molar-refractivity contribution in [2.24, 2.45) is 5.92 Å². The van der Waals surface area contributed by atoms with E-state index in [2.05, 4.69) is 115 Å². The maximum Gasteiger partial charge on any atom is 0.142 e. The van der Waals surface area contributed by atoms with Gasteiger partial charge in [-0.05, 0) is 51.3 Å². The van der Waals surface area contributed by atoms with Crippen LogP contribution in [-0.2, 0) is 15.9 Å². The Morgan fingerprint density at radius 3 is 1.97 bits per heavy atom. The fourth-order valence-corrected chi connectivity index (χ4v) is 7.61. The summed E-state index contributed by atoms with van der Waals surface area (Å²) in [4.78, 5) is 0. The first-order valence-electron chi connectivity index (χ1n) is 12.1. The molecule has 1 saturated heterocycles. The van der Waals surface area contributed by atoms with Gasteiger partial charge in [0.15, 0.2) is 0 Å². The molecule has 5 atom stereocenters. The summed E-state index contributed by atoms with van der Waals surface area (Å²) in [6.07, 6.45) is 3.76. The monoisotopic (exact) mass is 424 g/mol. The van der Waals surface area contributed by atoms with E-state index < -0.39 is 11.2 Å². The van der Waals surface area contributed by atoms with Crippen LogP contribution in [-0.4, -0.2) is 0 Å². The second-order valence-electron chi connectivity index (χ2n) is 9.97. The summed E-state index contributed by atoms with van der Waals surface area (Å²) in [5.74, 6) is 1.22. The Hall–Kier alpha value is -3.42. The van der Waals surface area contributed by atoms with Gasteiger partial charge in [0.05, 0.1) is 0 Å². The van der Waals surface area contributed by atoms with Gasteiger partial charge in [0.2, 0.25) is 0 Å². The van der Waals surface area contributed by atoms with Crippen LogP contribution in [0.4, 0.5) is 0 Å². The van der Waals surface area contributed by atoms with Gasteiger partial charge in [0.1, 0.15) is 11.2 Å². The number of fused-ring (bicyclic) bond motifs is 14. The Kier molecular flexibility index (Phi) is 3.35. The van der Waals surface area contributed by atoms with Gasteiger partial charge in [-0.1, -0.05) is 115 Å². The van der Waals surface area contributed by atoms with E-state index in [0.29, 0.717) is 11.8 Å². The highest BCUT2D eigenvalue weighted by Crippen LogP contribution is 2.74. The summed E-state index contributed by atoms with van der Waals surface area (Å²) in [5.41, 5.74) is 8.65. The minimum absolute atomic E-state index is 0.287. The molecule has 4 bridgehead atoms. The number of rotatable bonds is 2. The second kappa shape index (κ2) is 6.12. The van der Waals surface area contributed by atoms with Gasteiger partial charge in [-0.25, -0.2) is 0 Å². The first kappa shape index (κ1) is 18.1. The number of hydrogen-bond acceptors (Lipinski definition) is 1. The van der Waals surface area contributed by atoms with Crippen LogP contribution in [0.1, 0.15) is 51.6 Å². The molecule has 0 amide bonds. The first-order chi connectivity index (χ1) is 16.3. The second-order valence-corrected chi connectivity index (χ2v) is 9.97. The summed E-state index contributed by atoms with van der Waals surface area (Å²) >= 11 is 0. The Morgan fingerprint density at radius 1 is 0.606 bits per heavy atom. The van der Waals surface area contributed by atoms with Gasteiger partial charge < -0.3 is 4.74 Å². The largest absolute Gasteiger partial charge is 0.345 e. The molecule has 1 fully saturated rings. The molecule has 2 aliphatic heterocycles. The maximum atomic E-state index is 7.54. The van der Waals surface area contributed by atoms with Crippen LogP contribution in [0, 0.1) is 5.92 Å². The number of hydrogen-bond donors (Lipinski definition) is 0. The molecule has 4 aromatic rings. The molecule has 158 valence electrons. The molecule has 1 heteroatoms. The number of benzene rings is 4. The highest BCUT2D eigenvalue weighted by Gasteiger charge is 2.71. The summed E-state index contributed by atoms with van der Waals surface area (Å²) < 4.78 is 7.54. The molecule has 1 nitrogen and oxygen atoms in total. The van der Waals surface area contributed by atoms with Gasteiger partial charge in [-0.3, -0.25) is 0 Å². The summed E-state index contributed by atoms with van der Waals surface area (Å²) in [6.45, 7) is 0. The van der Waals surface area contributed by atoms with E-state index in [4.69, 9.17) is 4.74 Å². The summed E-state index contributed by atoms with van der Waals surface area (Å²) in [5, 5.41) is 0. The van der Waals surface area contributed by atoms with E-state index in [1.807, 2.05) is 0 Å². The molecule has 0 saturated carbocycles. The van der Waals surface area contributed by atoms with E-state index >= 15 is 0 Å². The van der Waals surface area contributed by atoms with Crippen molar-refractivity contribution in [2.75, 3.05) is 0 Å². The van der Waals surface area contributed by atoms with Gasteiger partial charge in [0.25, 0.3) is 0 Å². The quantitative estimate of drug-likeness (QED) is 0.313. The van der Waals surface area contributed by atoms with E-state index in [-0.39, 0.29) is 5.92 Å². The first-order valence-corrected chi connectivity index (χ1v) is 12.1. The van der Waals surface area contributed by atoms with E-state index in [1.54, 1.807) is 0 Å². The molecule has 0 N–H and O–H groups in total. The Balaban J connectivity index is 1.51. The molecule has 4 aromatic carbocycles. The lowest BCUT2D eigenvalue weighted by Crippen LogP contribution is -2.39. The minimum Gasteiger partial charge on any atom is -0.345 e. The predicted molar refractivity (Wildman–Crippen MR) is 130 cm³/mol. The molecule has 0 radical (unpaired) electrons. The third-order valence-electron chi connectivity index (χ3n) is 8.67. The van der Waals surface area contributed by atoms with Gasteiger partial charge in [-0.2, -0.15) is 0 Å². The molecule has 0 spiro atoms. The van der Waals surface area contributed by atoms with Crippen molar-refractivity contribution in [3.8, 4) is 0 Å². The lowest BCUT2D eigenvalue weighted by molar-refractivity contribution is -0.0505. The standard InChI is InChI=1S/C32H24O/c1-3-11-22(12-4-1)31-27-17-9-10-18-28(27)32(33-31,23-13-5-2-6-14-23)30-26-19-21(20-29(30)31)24-15-7-8-16-25(24)26/h1-18,20-21,26,30H,19H2/t21-,26-,30-,31-,32+/m0/s1. The SMILES string of the molecule is C1=C2[C@H]([C@H]3C[C@@H]1c1ccccc13)[C@]1(c3ccccc3)O[C@@]2(c2ccccc2)c2ccccc21. The fourth-order valence-electron chi connectivity index (χ4n) is 7.61. The van der Waals surface area contributed by atoms with Crippen molar-refractivity contribution in [2.45, 2.75) is 29.5 Å². The average molecular weight is 425 g/mol. The van der Waals surface area contributed by atoms with Gasteiger partial charge >= 0.3 is 0 Å². The van der Waals surface area contributed by atoms with Crippen molar-refractivity contribution in [3.05, 3.63) is 154 Å². The molecular formula is C32H24O. The zero-order chi connectivity index (χ0) is 21.6. The Labute approximate surface area is 194 Å². The fraction of sp³-hybridized carbons (Fsp3) is 0.188. The lowest BCUT2D eigenvalue weighted by atomic mass is 9.57. The van der Waals surface area contributed by atoms with Crippen molar-refractivity contribution < 1.29 is 4.74 Å². The third-order valence-corrected chi connectivity index (χ3v) is 8.67. The van der Waals surface area contributed by atoms with Crippen molar-refractivity contribution >= 4 is 0 Å². The Morgan fingerprint density at radius 2 is 1.21 bits per heavy atom. The average Bonchev–Trinajstić information content (AvgIpc) is 3.49. The summed E-state index contributed by atoms with van der Waals surface area (Å²) in [6, 6.07) is 40.0. The van der Waals surface area contributed by atoms with E-state index in [0.717, 1.165) is 0 Å². The zero-order valence-corrected chi connectivity index (χ0v) is 18.3. The van der Waals surface area contributed by atoms with Crippen LogP contribution >= 0.6 is 0 Å². The van der Waals surface area contributed by atoms with Crippen molar-refractivity contribution in [3.63, 3.8) is 0 Å². The molecule has 33 heavy (non-hydrogen) atoms. The van der Waals surface area contributed by atoms with E-state index in [1.165, 1.54) is 45.4 Å².